The molecule has 1 aromatic heterocycles. The smallest absolute Gasteiger partial charge is 0.207 e. The fraction of sp³-hybridized carbons (Fsp3) is 0.615. The molecule has 2 N–H and O–H groups in total. The summed E-state index contributed by atoms with van der Waals surface area (Å²) in [5, 5.41) is 5.55. The van der Waals surface area contributed by atoms with Gasteiger partial charge in [0, 0.05) is 39.3 Å². The monoisotopic (exact) mass is 356 g/mol. The Morgan fingerprint density at radius 3 is 2.45 bits per heavy atom. The van der Waals surface area contributed by atoms with E-state index in [0.717, 1.165) is 0 Å². The Kier molecular flexibility index (Phi) is 8.36. The van der Waals surface area contributed by atoms with Gasteiger partial charge in [0.15, 0.2) is 11.6 Å². The number of nitrogens with one attached hydrogen (secondary N) is 2. The van der Waals surface area contributed by atoms with Gasteiger partial charge in [0.2, 0.25) is 5.82 Å². The first-order valence-electron chi connectivity index (χ1n) is 6.26. The zero-order chi connectivity index (χ0) is 14.5. The molecule has 1 atom stereocenters. The van der Waals surface area contributed by atoms with Crippen LogP contribution in [0.1, 0.15) is 34.1 Å². The van der Waals surface area contributed by atoms with Crippen LogP contribution >= 0.6 is 0 Å². The largest absolute Gasteiger partial charge is 0.540 e. The van der Waals surface area contributed by atoms with Gasteiger partial charge in [-0.15, -0.1) is 0 Å². The van der Waals surface area contributed by atoms with Crippen molar-refractivity contribution in [3.05, 3.63) is 12.1 Å². The van der Waals surface area contributed by atoms with Crippen LogP contribution in [0.4, 0.5) is 16.0 Å². The van der Waals surface area contributed by atoms with Gasteiger partial charge in [0.05, 0.1) is 0 Å². The zero-order valence-electron chi connectivity index (χ0n) is 12.3. The Balaban J connectivity index is 0.00000361. The summed E-state index contributed by atoms with van der Waals surface area (Å²) in [4.78, 5) is 18.6. The predicted molar refractivity (Wildman–Crippen MR) is 73.3 cm³/mol. The SMILES string of the molecule is CCNc1ncnc(NC([C-]=O)CC(C)(C)C)c1F.[Y]. The summed E-state index contributed by atoms with van der Waals surface area (Å²) in [6, 6.07) is -0.598. The minimum Gasteiger partial charge on any atom is -0.540 e. The summed E-state index contributed by atoms with van der Waals surface area (Å²) in [7, 11) is 0. The van der Waals surface area contributed by atoms with Crippen LogP contribution < -0.4 is 10.6 Å². The van der Waals surface area contributed by atoms with Gasteiger partial charge < -0.3 is 15.4 Å². The van der Waals surface area contributed by atoms with Gasteiger partial charge in [-0.25, -0.2) is 16.3 Å². The number of hydrogen-bond donors (Lipinski definition) is 2. The normalized spacial score (nSPS) is 12.2. The van der Waals surface area contributed by atoms with Gasteiger partial charge in [-0.2, -0.15) is 4.39 Å². The number of hydrogen-bond acceptors (Lipinski definition) is 5. The summed E-state index contributed by atoms with van der Waals surface area (Å²) in [5.74, 6) is -0.442. The fourth-order valence-corrected chi connectivity index (χ4v) is 1.66. The van der Waals surface area contributed by atoms with Crippen LogP contribution in [-0.2, 0) is 37.5 Å². The molecule has 7 heteroatoms. The molecule has 0 aliphatic carbocycles. The molecule has 0 fully saturated rings. The Bertz CT molecular complexity index is 437. The van der Waals surface area contributed by atoms with Crippen molar-refractivity contribution in [3.63, 3.8) is 0 Å². The van der Waals surface area contributed by atoms with Crippen molar-refractivity contribution in [1.82, 2.24) is 9.97 Å². The maximum atomic E-state index is 14.0. The molecule has 0 aromatic carbocycles. The molecular weight excluding hydrogens is 336 g/mol. The molecular formula is C13H20FN4OY-. The second-order valence-corrected chi connectivity index (χ2v) is 5.49. The van der Waals surface area contributed by atoms with Crippen molar-refractivity contribution in [3.8, 4) is 0 Å². The van der Waals surface area contributed by atoms with Gasteiger partial charge in [-0.3, -0.25) is 0 Å². The Morgan fingerprint density at radius 2 is 1.95 bits per heavy atom. The summed E-state index contributed by atoms with van der Waals surface area (Å²) in [6.07, 6.45) is 3.67. The van der Waals surface area contributed by atoms with E-state index in [2.05, 4.69) is 20.6 Å². The molecule has 0 saturated carbocycles. The molecule has 0 bridgehead atoms. The molecule has 1 rings (SSSR count). The van der Waals surface area contributed by atoms with E-state index in [0.29, 0.717) is 13.0 Å². The van der Waals surface area contributed by atoms with Crippen molar-refractivity contribution in [2.75, 3.05) is 17.2 Å². The van der Waals surface area contributed by atoms with E-state index in [-0.39, 0.29) is 49.8 Å². The van der Waals surface area contributed by atoms with Crippen LogP contribution in [0.25, 0.3) is 0 Å². The average molecular weight is 356 g/mol. The van der Waals surface area contributed by atoms with E-state index >= 15 is 0 Å². The van der Waals surface area contributed by atoms with E-state index < -0.39 is 11.9 Å². The topological polar surface area (TPSA) is 66.9 Å². The first-order valence-corrected chi connectivity index (χ1v) is 6.26. The van der Waals surface area contributed by atoms with E-state index in [9.17, 15) is 9.18 Å². The first-order chi connectivity index (χ1) is 8.87. The van der Waals surface area contributed by atoms with Gasteiger partial charge in [-0.1, -0.05) is 33.2 Å². The van der Waals surface area contributed by atoms with Gasteiger partial charge >= 0.3 is 0 Å². The fourth-order valence-electron chi connectivity index (χ4n) is 1.66. The predicted octanol–water partition coefficient (Wildman–Crippen LogP) is 2.37. The maximum absolute atomic E-state index is 14.0. The van der Waals surface area contributed by atoms with E-state index in [1.165, 1.54) is 6.33 Å². The molecule has 1 heterocycles. The number of anilines is 2. The molecule has 0 saturated heterocycles. The van der Waals surface area contributed by atoms with Crippen LogP contribution in [0.2, 0.25) is 0 Å². The summed E-state index contributed by atoms with van der Waals surface area (Å²) < 4.78 is 14.0. The molecule has 0 spiro atoms. The van der Waals surface area contributed by atoms with Crippen LogP contribution in [0.5, 0.6) is 0 Å². The van der Waals surface area contributed by atoms with Crippen LogP contribution in [0.15, 0.2) is 6.33 Å². The van der Waals surface area contributed by atoms with Gasteiger partial charge in [0.1, 0.15) is 6.33 Å². The molecule has 1 radical (unpaired) electrons. The van der Waals surface area contributed by atoms with Crippen molar-refractivity contribution in [2.45, 2.75) is 40.2 Å². The van der Waals surface area contributed by atoms with E-state index in [4.69, 9.17) is 0 Å². The molecule has 0 amide bonds. The van der Waals surface area contributed by atoms with Gasteiger partial charge in [0.25, 0.3) is 0 Å². The minimum absolute atomic E-state index is 0. The maximum Gasteiger partial charge on any atom is 0.207 e. The molecule has 0 aliphatic rings. The average Bonchev–Trinajstić information content (AvgIpc) is 2.32. The number of halogens is 1. The van der Waals surface area contributed by atoms with Crippen molar-refractivity contribution in [1.29, 1.82) is 0 Å². The standard InChI is InChI=1S/C13H20FN4O.Y/c1-5-15-11-10(14)12(17-8-16-11)18-9(7-19)6-13(2,3)4;/h8-9H,5-6H2,1-4H3,(H2,15,16,17,18);/q-1;. The molecule has 20 heavy (non-hydrogen) atoms. The first kappa shape index (κ1) is 19.4. The summed E-state index contributed by atoms with van der Waals surface area (Å²) >= 11 is 0. The Hall–Kier alpha value is -0.616. The summed E-state index contributed by atoms with van der Waals surface area (Å²) in [5.41, 5.74) is -0.0664. The number of aromatic nitrogens is 2. The molecule has 1 unspecified atom stereocenters. The van der Waals surface area contributed by atoms with Crippen molar-refractivity contribution >= 4 is 17.9 Å². The summed E-state index contributed by atoms with van der Waals surface area (Å²) in [6.45, 7) is 8.40. The van der Waals surface area contributed by atoms with Gasteiger partial charge in [-0.05, 0) is 12.3 Å². The number of nitrogens with zero attached hydrogens (tertiary/aromatic N) is 2. The Morgan fingerprint density at radius 1 is 1.35 bits per heavy atom. The van der Waals surface area contributed by atoms with Crippen molar-refractivity contribution < 1.29 is 41.9 Å². The number of rotatable bonds is 6. The third-order valence-corrected chi connectivity index (χ3v) is 2.40. The second kappa shape index (κ2) is 8.62. The quantitative estimate of drug-likeness (QED) is 0.766. The van der Waals surface area contributed by atoms with Crippen molar-refractivity contribution in [2.24, 2.45) is 5.41 Å². The van der Waals surface area contributed by atoms with Crippen LogP contribution in [-0.4, -0.2) is 28.8 Å². The van der Waals surface area contributed by atoms with E-state index in [1.54, 1.807) is 0 Å². The second-order valence-electron chi connectivity index (χ2n) is 5.49. The molecule has 1 aromatic rings. The minimum atomic E-state index is -0.598. The van der Waals surface area contributed by atoms with Crippen LogP contribution in [0, 0.1) is 11.2 Å². The zero-order valence-corrected chi connectivity index (χ0v) is 15.2. The Labute approximate surface area is 144 Å². The number of carbonyl (C=O) groups excluding carboxylic acids is 1. The molecule has 0 aliphatic heterocycles. The molecule has 5 nitrogen and oxygen atoms in total. The molecule has 109 valence electrons. The third kappa shape index (κ3) is 6.22. The van der Waals surface area contributed by atoms with E-state index in [1.807, 2.05) is 34.0 Å². The van der Waals surface area contributed by atoms with Crippen LogP contribution in [0.3, 0.4) is 0 Å². The third-order valence-electron chi connectivity index (χ3n) is 2.40.